The van der Waals surface area contributed by atoms with E-state index in [1.54, 1.807) is 10.8 Å². The molecule has 0 bridgehead atoms. The minimum absolute atomic E-state index is 0.0438. The van der Waals surface area contributed by atoms with Crippen LogP contribution in [0.25, 0.3) is 0 Å². The standard InChI is InChI=1S/C11H15IN2O2/c1-8-13-6-10(12)11(15)14(8)7-9-4-2-3-5-16-9/h6,9H,2-5,7H2,1H3. The van der Waals surface area contributed by atoms with Crippen molar-refractivity contribution in [1.82, 2.24) is 9.55 Å². The summed E-state index contributed by atoms with van der Waals surface area (Å²) in [6.45, 7) is 3.31. The number of hydrogen-bond donors (Lipinski definition) is 0. The van der Waals surface area contributed by atoms with Gasteiger partial charge in [0.25, 0.3) is 5.56 Å². The van der Waals surface area contributed by atoms with Crippen molar-refractivity contribution in [3.8, 4) is 0 Å². The van der Waals surface area contributed by atoms with Crippen LogP contribution in [0.3, 0.4) is 0 Å². The zero-order valence-electron chi connectivity index (χ0n) is 9.28. The Hall–Kier alpha value is -0.430. The van der Waals surface area contributed by atoms with Crippen LogP contribution < -0.4 is 5.56 Å². The summed E-state index contributed by atoms with van der Waals surface area (Å²) >= 11 is 2.02. The second-order valence-corrected chi connectivity index (χ2v) is 5.22. The van der Waals surface area contributed by atoms with Gasteiger partial charge in [-0.1, -0.05) is 0 Å². The zero-order chi connectivity index (χ0) is 11.5. The molecule has 0 radical (unpaired) electrons. The van der Waals surface area contributed by atoms with E-state index in [-0.39, 0.29) is 11.7 Å². The lowest BCUT2D eigenvalue weighted by atomic mass is 10.1. The van der Waals surface area contributed by atoms with Gasteiger partial charge in [0, 0.05) is 12.8 Å². The van der Waals surface area contributed by atoms with E-state index >= 15 is 0 Å². The first kappa shape index (κ1) is 12.0. The van der Waals surface area contributed by atoms with E-state index in [0.29, 0.717) is 10.1 Å². The molecule has 1 fully saturated rings. The third kappa shape index (κ3) is 2.63. The molecule has 5 heteroatoms. The van der Waals surface area contributed by atoms with Crippen molar-refractivity contribution >= 4 is 22.6 Å². The molecule has 1 aromatic rings. The maximum Gasteiger partial charge on any atom is 0.267 e. The van der Waals surface area contributed by atoms with Gasteiger partial charge in [0.05, 0.1) is 16.2 Å². The highest BCUT2D eigenvalue weighted by Gasteiger charge is 2.16. The Morgan fingerprint density at radius 2 is 2.44 bits per heavy atom. The van der Waals surface area contributed by atoms with E-state index in [0.717, 1.165) is 25.3 Å². The predicted molar refractivity (Wildman–Crippen MR) is 69.5 cm³/mol. The summed E-state index contributed by atoms with van der Waals surface area (Å²) in [5.41, 5.74) is 0.0438. The van der Waals surface area contributed by atoms with Gasteiger partial charge in [-0.05, 0) is 48.8 Å². The van der Waals surface area contributed by atoms with Gasteiger partial charge in [-0.3, -0.25) is 9.36 Å². The molecule has 0 spiro atoms. The minimum Gasteiger partial charge on any atom is -0.376 e. The smallest absolute Gasteiger partial charge is 0.267 e. The van der Waals surface area contributed by atoms with Crippen molar-refractivity contribution in [2.24, 2.45) is 0 Å². The van der Waals surface area contributed by atoms with Crippen molar-refractivity contribution < 1.29 is 4.74 Å². The molecule has 0 amide bonds. The van der Waals surface area contributed by atoms with Gasteiger partial charge in [0.15, 0.2) is 0 Å². The van der Waals surface area contributed by atoms with E-state index in [9.17, 15) is 4.79 Å². The van der Waals surface area contributed by atoms with E-state index in [1.165, 1.54) is 6.42 Å². The van der Waals surface area contributed by atoms with Crippen molar-refractivity contribution in [3.05, 3.63) is 25.9 Å². The quantitative estimate of drug-likeness (QED) is 0.774. The lowest BCUT2D eigenvalue weighted by molar-refractivity contribution is 0.00485. The number of rotatable bonds is 2. The van der Waals surface area contributed by atoms with Crippen LogP contribution in [0.4, 0.5) is 0 Å². The summed E-state index contributed by atoms with van der Waals surface area (Å²) in [5.74, 6) is 0.764. The fraction of sp³-hybridized carbons (Fsp3) is 0.636. The molecule has 1 saturated heterocycles. The highest BCUT2D eigenvalue weighted by molar-refractivity contribution is 14.1. The van der Waals surface area contributed by atoms with Crippen LogP contribution in [0.1, 0.15) is 25.1 Å². The summed E-state index contributed by atoms with van der Waals surface area (Å²) < 4.78 is 8.03. The average Bonchev–Trinajstić information content (AvgIpc) is 2.31. The molecule has 0 N–H and O–H groups in total. The van der Waals surface area contributed by atoms with Crippen molar-refractivity contribution in [2.45, 2.75) is 38.8 Å². The van der Waals surface area contributed by atoms with Crippen LogP contribution in [0.5, 0.6) is 0 Å². The molecule has 1 aliphatic rings. The monoisotopic (exact) mass is 334 g/mol. The minimum atomic E-state index is 0.0438. The van der Waals surface area contributed by atoms with Gasteiger partial charge >= 0.3 is 0 Å². The molecule has 1 atom stereocenters. The second kappa shape index (κ2) is 5.27. The maximum absolute atomic E-state index is 11.9. The second-order valence-electron chi connectivity index (χ2n) is 4.06. The number of nitrogens with zero attached hydrogens (tertiary/aromatic N) is 2. The first-order chi connectivity index (χ1) is 7.68. The Labute approximate surface area is 108 Å². The first-order valence-corrected chi connectivity index (χ1v) is 6.60. The average molecular weight is 334 g/mol. The Balaban J connectivity index is 2.20. The van der Waals surface area contributed by atoms with Crippen LogP contribution in [0, 0.1) is 10.5 Å². The lowest BCUT2D eigenvalue weighted by Gasteiger charge is -2.23. The molecule has 1 aromatic heterocycles. The highest BCUT2D eigenvalue weighted by atomic mass is 127. The summed E-state index contributed by atoms with van der Waals surface area (Å²) in [6, 6.07) is 0. The molecule has 2 heterocycles. The Morgan fingerprint density at radius 3 is 3.12 bits per heavy atom. The van der Waals surface area contributed by atoms with Gasteiger partial charge in [0.2, 0.25) is 0 Å². The SMILES string of the molecule is Cc1ncc(I)c(=O)n1CC1CCCCO1. The Bertz CT molecular complexity index is 424. The summed E-state index contributed by atoms with van der Waals surface area (Å²) in [7, 11) is 0. The predicted octanol–water partition coefficient (Wildman–Crippen LogP) is 1.73. The molecule has 0 aromatic carbocycles. The first-order valence-electron chi connectivity index (χ1n) is 5.52. The van der Waals surface area contributed by atoms with Gasteiger partial charge < -0.3 is 4.74 Å². The number of halogens is 1. The number of hydrogen-bond acceptors (Lipinski definition) is 3. The van der Waals surface area contributed by atoms with Gasteiger partial charge in [-0.15, -0.1) is 0 Å². The van der Waals surface area contributed by atoms with Crippen molar-refractivity contribution in [3.63, 3.8) is 0 Å². The highest BCUT2D eigenvalue weighted by Crippen LogP contribution is 2.14. The number of aryl methyl sites for hydroxylation is 1. The fourth-order valence-electron chi connectivity index (χ4n) is 1.92. The molecule has 1 aliphatic heterocycles. The van der Waals surface area contributed by atoms with Crippen LogP contribution in [0.15, 0.2) is 11.0 Å². The lowest BCUT2D eigenvalue weighted by Crippen LogP contribution is -2.33. The van der Waals surface area contributed by atoms with Crippen LogP contribution in [0.2, 0.25) is 0 Å². The normalized spacial score (nSPS) is 21.0. The van der Waals surface area contributed by atoms with E-state index in [1.807, 2.05) is 29.5 Å². The third-order valence-electron chi connectivity index (χ3n) is 2.87. The molecule has 4 nitrogen and oxygen atoms in total. The van der Waals surface area contributed by atoms with Crippen LogP contribution in [-0.2, 0) is 11.3 Å². The molecule has 0 aliphatic carbocycles. The zero-order valence-corrected chi connectivity index (χ0v) is 11.4. The van der Waals surface area contributed by atoms with Crippen molar-refractivity contribution in [1.29, 1.82) is 0 Å². The molecule has 0 saturated carbocycles. The van der Waals surface area contributed by atoms with E-state index in [4.69, 9.17) is 4.74 Å². The van der Waals surface area contributed by atoms with Gasteiger partial charge in [-0.25, -0.2) is 4.98 Å². The maximum atomic E-state index is 11.9. The molecule has 1 unspecified atom stereocenters. The largest absolute Gasteiger partial charge is 0.376 e. The molecule has 2 rings (SSSR count). The topological polar surface area (TPSA) is 44.1 Å². The molecule has 16 heavy (non-hydrogen) atoms. The van der Waals surface area contributed by atoms with Gasteiger partial charge in [0.1, 0.15) is 5.82 Å². The summed E-state index contributed by atoms with van der Waals surface area (Å²) in [4.78, 5) is 16.1. The summed E-state index contributed by atoms with van der Waals surface area (Å²) in [5, 5.41) is 0. The van der Waals surface area contributed by atoms with E-state index in [2.05, 4.69) is 4.98 Å². The number of ether oxygens (including phenoxy) is 1. The van der Waals surface area contributed by atoms with Gasteiger partial charge in [-0.2, -0.15) is 0 Å². The Morgan fingerprint density at radius 1 is 1.62 bits per heavy atom. The third-order valence-corrected chi connectivity index (χ3v) is 3.60. The van der Waals surface area contributed by atoms with Crippen LogP contribution in [-0.4, -0.2) is 22.3 Å². The number of aromatic nitrogens is 2. The molecular weight excluding hydrogens is 319 g/mol. The Kier molecular flexibility index (Phi) is 3.96. The summed E-state index contributed by atoms with van der Waals surface area (Å²) in [6.07, 6.45) is 5.16. The molecular formula is C11H15IN2O2. The van der Waals surface area contributed by atoms with Crippen LogP contribution >= 0.6 is 22.6 Å². The molecule has 88 valence electrons. The fourth-order valence-corrected chi connectivity index (χ4v) is 2.35. The van der Waals surface area contributed by atoms with Crippen molar-refractivity contribution in [2.75, 3.05) is 6.61 Å². The van der Waals surface area contributed by atoms with E-state index < -0.39 is 0 Å².